The Bertz CT molecular complexity index is 759. The predicted octanol–water partition coefficient (Wildman–Crippen LogP) is 3.32. The second-order valence-corrected chi connectivity index (χ2v) is 5.96. The van der Waals surface area contributed by atoms with E-state index in [4.69, 9.17) is 0 Å². The van der Waals surface area contributed by atoms with Crippen molar-refractivity contribution in [2.75, 3.05) is 16.8 Å². The molecule has 3 amide bonds. The number of nitrogens with zero attached hydrogens (tertiary/aromatic N) is 1. The number of halogens is 1. The Hall–Kier alpha value is -2.89. The zero-order valence-corrected chi connectivity index (χ0v) is 14.0. The summed E-state index contributed by atoms with van der Waals surface area (Å²) in [4.78, 5) is 26.1. The molecule has 130 valence electrons. The number of carbonyl (C=O) groups is 2. The molecule has 1 atom stereocenters. The van der Waals surface area contributed by atoms with Crippen molar-refractivity contribution < 1.29 is 14.0 Å². The number of hydrogen-bond donors (Lipinski definition) is 2. The minimum atomic E-state index is -0.583. The second kappa shape index (κ2) is 7.34. The number of aryl methyl sites for hydroxylation is 1. The van der Waals surface area contributed by atoms with Crippen LogP contribution in [0.5, 0.6) is 0 Å². The summed E-state index contributed by atoms with van der Waals surface area (Å²) in [6.45, 7) is 2.55. The highest BCUT2D eigenvalue weighted by atomic mass is 19.1. The van der Waals surface area contributed by atoms with E-state index in [0.717, 1.165) is 6.42 Å². The molecule has 5 nitrogen and oxygen atoms in total. The number of amides is 3. The summed E-state index contributed by atoms with van der Waals surface area (Å²) in [5.74, 6) is -0.540. The van der Waals surface area contributed by atoms with Gasteiger partial charge in [0, 0.05) is 17.9 Å². The number of carbonyl (C=O) groups excluding carboxylic acids is 2. The van der Waals surface area contributed by atoms with Crippen LogP contribution in [0.2, 0.25) is 0 Å². The van der Waals surface area contributed by atoms with Crippen LogP contribution in [0.1, 0.15) is 18.9 Å². The summed E-state index contributed by atoms with van der Waals surface area (Å²) >= 11 is 0. The first kappa shape index (κ1) is 17.0. The summed E-state index contributed by atoms with van der Waals surface area (Å²) in [7, 11) is 0. The quantitative estimate of drug-likeness (QED) is 0.896. The average Bonchev–Trinajstić information content (AvgIpc) is 2.97. The molecule has 25 heavy (non-hydrogen) atoms. The third-order valence-electron chi connectivity index (χ3n) is 4.27. The van der Waals surface area contributed by atoms with Crippen molar-refractivity contribution in [1.29, 1.82) is 0 Å². The fraction of sp³-hybridized carbons (Fsp3) is 0.263. The molecule has 1 aliphatic heterocycles. The van der Waals surface area contributed by atoms with Gasteiger partial charge in [0.2, 0.25) is 5.91 Å². The van der Waals surface area contributed by atoms with Crippen molar-refractivity contribution in [3.63, 3.8) is 0 Å². The zero-order valence-electron chi connectivity index (χ0n) is 14.0. The van der Waals surface area contributed by atoms with Crippen molar-refractivity contribution in [2.45, 2.75) is 25.8 Å². The monoisotopic (exact) mass is 341 g/mol. The molecule has 0 aromatic heterocycles. The first-order valence-corrected chi connectivity index (χ1v) is 8.30. The Morgan fingerprint density at radius 2 is 1.84 bits per heavy atom. The van der Waals surface area contributed by atoms with Crippen molar-refractivity contribution in [3.05, 3.63) is 59.9 Å². The molecule has 1 saturated heterocycles. The third-order valence-corrected chi connectivity index (χ3v) is 4.27. The molecule has 2 N–H and O–H groups in total. The molecule has 1 aliphatic rings. The van der Waals surface area contributed by atoms with E-state index in [0.29, 0.717) is 24.3 Å². The Morgan fingerprint density at radius 3 is 2.48 bits per heavy atom. The third kappa shape index (κ3) is 3.96. The van der Waals surface area contributed by atoms with Crippen LogP contribution >= 0.6 is 0 Å². The van der Waals surface area contributed by atoms with Gasteiger partial charge in [0.25, 0.3) is 0 Å². The number of hydrogen-bond acceptors (Lipinski definition) is 2. The molecular weight excluding hydrogens is 321 g/mol. The number of rotatable bonds is 4. The molecular formula is C19H20FN3O2. The van der Waals surface area contributed by atoms with E-state index in [1.165, 1.54) is 17.7 Å². The first-order chi connectivity index (χ1) is 12.1. The summed E-state index contributed by atoms with van der Waals surface area (Å²) in [5.41, 5.74) is 2.49. The molecule has 0 spiro atoms. The minimum Gasteiger partial charge on any atom is -0.326 e. The molecule has 2 aromatic carbocycles. The summed E-state index contributed by atoms with van der Waals surface area (Å²) < 4.78 is 13.0. The second-order valence-electron chi connectivity index (χ2n) is 5.96. The number of anilines is 2. The van der Waals surface area contributed by atoms with Crippen LogP contribution in [-0.2, 0) is 11.2 Å². The van der Waals surface area contributed by atoms with Crippen LogP contribution in [0.3, 0.4) is 0 Å². The smallest absolute Gasteiger partial charge is 0.319 e. The molecule has 6 heteroatoms. The van der Waals surface area contributed by atoms with Gasteiger partial charge in [-0.15, -0.1) is 0 Å². The molecule has 1 unspecified atom stereocenters. The molecule has 0 aliphatic carbocycles. The van der Waals surface area contributed by atoms with Gasteiger partial charge in [-0.05, 0) is 54.8 Å². The molecule has 3 rings (SSSR count). The van der Waals surface area contributed by atoms with Gasteiger partial charge in [-0.3, -0.25) is 4.79 Å². The highest BCUT2D eigenvalue weighted by molar-refractivity contribution is 6.02. The van der Waals surface area contributed by atoms with Gasteiger partial charge < -0.3 is 15.5 Å². The molecule has 1 fully saturated rings. The van der Waals surface area contributed by atoms with Crippen LogP contribution < -0.4 is 15.5 Å². The van der Waals surface area contributed by atoms with Crippen molar-refractivity contribution in [1.82, 2.24) is 5.32 Å². The lowest BCUT2D eigenvalue weighted by molar-refractivity contribution is -0.118. The normalized spacial score (nSPS) is 16.8. The molecule has 0 bridgehead atoms. The number of urea groups is 1. The van der Waals surface area contributed by atoms with Crippen LogP contribution in [0.25, 0.3) is 0 Å². The number of nitrogens with one attached hydrogen (secondary N) is 2. The molecule has 2 aromatic rings. The van der Waals surface area contributed by atoms with Gasteiger partial charge in [-0.1, -0.05) is 19.1 Å². The maximum absolute atomic E-state index is 13.0. The van der Waals surface area contributed by atoms with Crippen LogP contribution in [0.4, 0.5) is 20.6 Å². The molecule has 1 heterocycles. The lowest BCUT2D eigenvalue weighted by Gasteiger charge is -2.17. The van der Waals surface area contributed by atoms with E-state index in [2.05, 4.69) is 17.6 Å². The molecule has 0 saturated carbocycles. The SMILES string of the molecule is CCc1ccc(NC(=O)NC2CCN(c3ccc(F)cc3)C2=O)cc1. The first-order valence-electron chi connectivity index (χ1n) is 8.30. The highest BCUT2D eigenvalue weighted by Gasteiger charge is 2.33. The van der Waals surface area contributed by atoms with E-state index in [1.54, 1.807) is 17.0 Å². The minimum absolute atomic E-state index is 0.192. The summed E-state index contributed by atoms with van der Waals surface area (Å²) in [6, 6.07) is 12.3. The van der Waals surface area contributed by atoms with E-state index >= 15 is 0 Å². The van der Waals surface area contributed by atoms with Crippen LogP contribution in [-0.4, -0.2) is 24.5 Å². The van der Waals surface area contributed by atoms with Gasteiger partial charge in [-0.2, -0.15) is 0 Å². The van der Waals surface area contributed by atoms with E-state index in [-0.39, 0.29) is 11.7 Å². The Balaban J connectivity index is 1.58. The molecule has 0 radical (unpaired) electrons. The largest absolute Gasteiger partial charge is 0.326 e. The summed E-state index contributed by atoms with van der Waals surface area (Å²) in [5, 5.41) is 5.43. The number of benzene rings is 2. The van der Waals surface area contributed by atoms with Crippen LogP contribution in [0.15, 0.2) is 48.5 Å². The fourth-order valence-corrected chi connectivity index (χ4v) is 2.84. The van der Waals surface area contributed by atoms with Gasteiger partial charge in [0.15, 0.2) is 0 Å². The van der Waals surface area contributed by atoms with Crippen LogP contribution in [0, 0.1) is 5.82 Å². The van der Waals surface area contributed by atoms with E-state index in [9.17, 15) is 14.0 Å². The van der Waals surface area contributed by atoms with Gasteiger partial charge >= 0.3 is 6.03 Å². The Labute approximate surface area is 145 Å². The van der Waals surface area contributed by atoms with Gasteiger partial charge in [-0.25, -0.2) is 9.18 Å². The highest BCUT2D eigenvalue weighted by Crippen LogP contribution is 2.22. The Morgan fingerprint density at radius 1 is 1.16 bits per heavy atom. The maximum Gasteiger partial charge on any atom is 0.319 e. The van der Waals surface area contributed by atoms with Gasteiger partial charge in [0.05, 0.1) is 0 Å². The zero-order chi connectivity index (χ0) is 17.8. The lowest BCUT2D eigenvalue weighted by atomic mass is 10.1. The standard InChI is InChI=1S/C19H20FN3O2/c1-2-13-3-7-15(8-4-13)21-19(25)22-17-11-12-23(18(17)24)16-9-5-14(20)6-10-16/h3-10,17H,2,11-12H2,1H3,(H2,21,22,25). The van der Waals surface area contributed by atoms with E-state index in [1.807, 2.05) is 24.3 Å². The topological polar surface area (TPSA) is 61.4 Å². The lowest BCUT2D eigenvalue weighted by Crippen LogP contribution is -2.43. The van der Waals surface area contributed by atoms with Crippen molar-refractivity contribution in [3.8, 4) is 0 Å². The van der Waals surface area contributed by atoms with Gasteiger partial charge in [0.1, 0.15) is 11.9 Å². The fourth-order valence-electron chi connectivity index (χ4n) is 2.84. The average molecular weight is 341 g/mol. The summed E-state index contributed by atoms with van der Waals surface area (Å²) in [6.07, 6.45) is 1.45. The van der Waals surface area contributed by atoms with Crippen molar-refractivity contribution in [2.24, 2.45) is 0 Å². The Kier molecular flexibility index (Phi) is 4.97. The maximum atomic E-state index is 13.0. The van der Waals surface area contributed by atoms with Crippen molar-refractivity contribution >= 4 is 23.3 Å². The van der Waals surface area contributed by atoms with E-state index < -0.39 is 12.1 Å². The predicted molar refractivity (Wildman–Crippen MR) is 95.1 cm³/mol.